The van der Waals surface area contributed by atoms with Crippen molar-refractivity contribution < 1.29 is 18.7 Å². The summed E-state index contributed by atoms with van der Waals surface area (Å²) in [6.45, 7) is 6.77. The average Bonchev–Trinajstić information content (AvgIpc) is 2.68. The molecule has 150 valence electrons. The quantitative estimate of drug-likeness (QED) is 0.762. The molecule has 6 nitrogen and oxygen atoms in total. The number of aromatic nitrogens is 1. The van der Waals surface area contributed by atoms with Gasteiger partial charge in [-0.3, -0.25) is 4.79 Å². The third-order valence-corrected chi connectivity index (χ3v) is 5.52. The van der Waals surface area contributed by atoms with Crippen molar-refractivity contribution in [3.05, 3.63) is 54.0 Å². The van der Waals surface area contributed by atoms with Crippen LogP contribution in [0.5, 0.6) is 11.6 Å². The van der Waals surface area contributed by atoms with Crippen LogP contribution in [0.4, 0.5) is 4.39 Å². The minimum absolute atomic E-state index is 0.0159. The number of halogens is 1. The van der Waals surface area contributed by atoms with E-state index in [0.717, 1.165) is 5.56 Å². The molecule has 1 aromatic carbocycles. The fourth-order valence-electron chi connectivity index (χ4n) is 3.36. The lowest BCUT2D eigenvalue weighted by molar-refractivity contribution is -0.170. The number of nitrogens with one attached hydrogen (secondary N) is 1. The first-order valence-corrected chi connectivity index (χ1v) is 9.33. The van der Waals surface area contributed by atoms with Crippen LogP contribution in [0.3, 0.4) is 0 Å². The number of carbonyl (C=O) groups is 1. The fourth-order valence-corrected chi connectivity index (χ4v) is 3.36. The predicted molar refractivity (Wildman–Crippen MR) is 103 cm³/mol. The molecule has 28 heavy (non-hydrogen) atoms. The highest BCUT2D eigenvalue weighted by Crippen LogP contribution is 2.49. The molecule has 0 spiro atoms. The van der Waals surface area contributed by atoms with Gasteiger partial charge >= 0.3 is 0 Å². The van der Waals surface area contributed by atoms with E-state index in [1.165, 1.54) is 24.3 Å². The molecule has 1 aliphatic carbocycles. The summed E-state index contributed by atoms with van der Waals surface area (Å²) in [4.78, 5) is 16.9. The second kappa shape index (κ2) is 7.85. The number of nitrogens with zero attached hydrogens (tertiary/aromatic N) is 1. The molecule has 1 heterocycles. The van der Waals surface area contributed by atoms with Gasteiger partial charge in [0, 0.05) is 37.3 Å². The van der Waals surface area contributed by atoms with Crippen LogP contribution in [0.2, 0.25) is 0 Å². The van der Waals surface area contributed by atoms with Crippen LogP contribution in [-0.4, -0.2) is 29.1 Å². The third kappa shape index (κ3) is 3.86. The first kappa shape index (κ1) is 20.2. The Bertz CT molecular complexity index is 824. The van der Waals surface area contributed by atoms with E-state index in [4.69, 9.17) is 15.2 Å². The number of nitrogens with two attached hydrogens (primary N) is 1. The first-order chi connectivity index (χ1) is 13.3. The van der Waals surface area contributed by atoms with Gasteiger partial charge in [0.25, 0.3) is 0 Å². The number of carbonyl (C=O) groups excluding carboxylic acids is 1. The van der Waals surface area contributed by atoms with Gasteiger partial charge in [0.2, 0.25) is 11.8 Å². The summed E-state index contributed by atoms with van der Waals surface area (Å²) >= 11 is 0. The number of amides is 1. The maximum Gasteiger partial charge on any atom is 0.241 e. The summed E-state index contributed by atoms with van der Waals surface area (Å²) in [5, 5.41) is 2.89. The van der Waals surface area contributed by atoms with Gasteiger partial charge in [0.05, 0.1) is 6.10 Å². The van der Waals surface area contributed by atoms with Crippen molar-refractivity contribution >= 4 is 5.91 Å². The Kier molecular flexibility index (Phi) is 5.67. The Labute approximate surface area is 164 Å². The Morgan fingerprint density at radius 3 is 2.57 bits per heavy atom. The molecule has 1 aliphatic rings. The number of pyridine rings is 1. The molecule has 1 saturated carbocycles. The van der Waals surface area contributed by atoms with Gasteiger partial charge < -0.3 is 20.5 Å². The molecule has 3 rings (SSSR count). The number of rotatable bonds is 7. The standard InChI is InChI=1S/C21H26FN3O3/c1-4-27-17-11-21(23,20(17,2)3)19(26)25-13-14-5-10-18(24-12-14)28-16-8-6-15(22)7-9-16/h5-10,12,17H,4,11,13,23H2,1-3H3,(H,25,26). The highest BCUT2D eigenvalue weighted by Gasteiger charge is 2.62. The summed E-state index contributed by atoms with van der Waals surface area (Å²) in [6, 6.07) is 9.20. The van der Waals surface area contributed by atoms with Gasteiger partial charge in [0.15, 0.2) is 0 Å². The molecule has 0 aliphatic heterocycles. The van der Waals surface area contributed by atoms with E-state index in [0.29, 0.717) is 31.2 Å². The molecule has 0 saturated heterocycles. The molecule has 1 fully saturated rings. The van der Waals surface area contributed by atoms with Crippen molar-refractivity contribution in [1.82, 2.24) is 10.3 Å². The average molecular weight is 387 g/mol. The number of ether oxygens (including phenoxy) is 2. The lowest BCUT2D eigenvalue weighted by atomic mass is 9.54. The van der Waals surface area contributed by atoms with Crippen LogP contribution in [-0.2, 0) is 16.1 Å². The zero-order valence-electron chi connectivity index (χ0n) is 16.4. The summed E-state index contributed by atoms with van der Waals surface area (Å²) in [5.41, 5.74) is 5.81. The van der Waals surface area contributed by atoms with Gasteiger partial charge in [-0.05, 0) is 36.8 Å². The SMILES string of the molecule is CCOC1CC(N)(C(=O)NCc2ccc(Oc3ccc(F)cc3)nc2)C1(C)C. The smallest absolute Gasteiger partial charge is 0.241 e. The molecular weight excluding hydrogens is 361 g/mol. The topological polar surface area (TPSA) is 86.5 Å². The molecule has 2 aromatic rings. The molecule has 2 unspecified atom stereocenters. The van der Waals surface area contributed by atoms with Crippen LogP contribution >= 0.6 is 0 Å². The molecule has 3 N–H and O–H groups in total. The van der Waals surface area contributed by atoms with E-state index in [9.17, 15) is 9.18 Å². The lowest BCUT2D eigenvalue weighted by Gasteiger charge is -2.57. The second-order valence-corrected chi connectivity index (χ2v) is 7.58. The van der Waals surface area contributed by atoms with Crippen molar-refractivity contribution in [3.8, 4) is 11.6 Å². The second-order valence-electron chi connectivity index (χ2n) is 7.58. The third-order valence-electron chi connectivity index (χ3n) is 5.52. The lowest BCUT2D eigenvalue weighted by Crippen LogP contribution is -2.75. The van der Waals surface area contributed by atoms with Crippen LogP contribution in [0.25, 0.3) is 0 Å². The minimum atomic E-state index is -0.952. The molecule has 1 amide bonds. The van der Waals surface area contributed by atoms with Gasteiger partial charge in [-0.25, -0.2) is 9.37 Å². The van der Waals surface area contributed by atoms with Gasteiger partial charge in [-0.2, -0.15) is 0 Å². The Morgan fingerprint density at radius 2 is 2.00 bits per heavy atom. The van der Waals surface area contributed by atoms with Crippen molar-refractivity contribution in [3.63, 3.8) is 0 Å². The summed E-state index contributed by atoms with van der Waals surface area (Å²) in [6.07, 6.45) is 2.11. The van der Waals surface area contributed by atoms with E-state index >= 15 is 0 Å². The fraction of sp³-hybridized carbons (Fsp3) is 0.429. The zero-order valence-corrected chi connectivity index (χ0v) is 16.4. The molecule has 0 radical (unpaired) electrons. The highest BCUT2D eigenvalue weighted by molar-refractivity contribution is 5.88. The molecule has 7 heteroatoms. The normalized spacial score (nSPS) is 23.0. The number of hydrogen-bond donors (Lipinski definition) is 2. The molecule has 2 atom stereocenters. The Morgan fingerprint density at radius 1 is 1.29 bits per heavy atom. The van der Waals surface area contributed by atoms with Crippen molar-refractivity contribution in [2.75, 3.05) is 6.61 Å². The zero-order chi connectivity index (χ0) is 20.4. The van der Waals surface area contributed by atoms with Crippen molar-refractivity contribution in [2.45, 2.75) is 45.4 Å². The van der Waals surface area contributed by atoms with Crippen molar-refractivity contribution in [2.24, 2.45) is 11.1 Å². The summed E-state index contributed by atoms with van der Waals surface area (Å²) in [7, 11) is 0. The maximum absolute atomic E-state index is 12.9. The Balaban J connectivity index is 1.55. The molecule has 1 aromatic heterocycles. The first-order valence-electron chi connectivity index (χ1n) is 9.33. The van der Waals surface area contributed by atoms with E-state index < -0.39 is 11.0 Å². The van der Waals surface area contributed by atoms with Crippen LogP contribution in [0.15, 0.2) is 42.6 Å². The predicted octanol–water partition coefficient (Wildman–Crippen LogP) is 3.16. The van der Waals surface area contributed by atoms with E-state index in [1.807, 2.05) is 26.8 Å². The summed E-state index contributed by atoms with van der Waals surface area (Å²) in [5.74, 6) is 0.360. The van der Waals surface area contributed by atoms with Crippen LogP contribution < -0.4 is 15.8 Å². The van der Waals surface area contributed by atoms with Crippen molar-refractivity contribution in [1.29, 1.82) is 0 Å². The van der Waals surface area contributed by atoms with E-state index in [2.05, 4.69) is 10.3 Å². The largest absolute Gasteiger partial charge is 0.439 e. The van der Waals surface area contributed by atoms with Gasteiger partial charge in [-0.15, -0.1) is 0 Å². The molecule has 0 bridgehead atoms. The van der Waals surface area contributed by atoms with Crippen LogP contribution in [0.1, 0.15) is 32.8 Å². The number of hydrogen-bond acceptors (Lipinski definition) is 5. The minimum Gasteiger partial charge on any atom is -0.439 e. The maximum atomic E-state index is 12.9. The number of benzene rings is 1. The Hall–Kier alpha value is -2.51. The van der Waals surface area contributed by atoms with Gasteiger partial charge in [0.1, 0.15) is 17.1 Å². The van der Waals surface area contributed by atoms with E-state index in [1.54, 1.807) is 12.3 Å². The highest BCUT2D eigenvalue weighted by atomic mass is 19.1. The van der Waals surface area contributed by atoms with Crippen LogP contribution in [0, 0.1) is 11.2 Å². The van der Waals surface area contributed by atoms with E-state index in [-0.39, 0.29) is 17.8 Å². The van der Waals surface area contributed by atoms with Gasteiger partial charge in [-0.1, -0.05) is 19.9 Å². The monoisotopic (exact) mass is 387 g/mol. The summed E-state index contributed by atoms with van der Waals surface area (Å²) < 4.78 is 24.2. The molecular formula is C21H26FN3O3.